The molecule has 1 aliphatic carbocycles. The number of nitrogens with two attached hydrogens (primary N) is 1. The lowest BCUT2D eigenvalue weighted by atomic mass is 9.92. The molecule has 27 heavy (non-hydrogen) atoms. The molecule has 1 atom stereocenters. The molecule has 0 aromatic heterocycles. The van der Waals surface area contributed by atoms with E-state index in [-0.39, 0.29) is 24.2 Å². The number of benzene rings is 1. The Morgan fingerprint density at radius 2 is 1.93 bits per heavy atom. The lowest BCUT2D eigenvalue weighted by Gasteiger charge is -2.23. The molecule has 1 aromatic rings. The summed E-state index contributed by atoms with van der Waals surface area (Å²) in [6.07, 6.45) is 8.92. The molecular weight excluding hydrogens is 342 g/mol. The van der Waals surface area contributed by atoms with Gasteiger partial charge in [-0.05, 0) is 50.5 Å². The minimum absolute atomic E-state index is 0.0555. The topological polar surface area (TPSA) is 116 Å². The first-order chi connectivity index (χ1) is 13.0. The van der Waals surface area contributed by atoms with Crippen molar-refractivity contribution in [3.8, 4) is 0 Å². The van der Waals surface area contributed by atoms with Gasteiger partial charge in [-0.1, -0.05) is 35.9 Å². The number of aliphatic carboxylic acids is 1. The number of amides is 1. The highest BCUT2D eigenvalue weighted by atomic mass is 16.4. The molecule has 2 rings (SSSR count). The van der Waals surface area contributed by atoms with Gasteiger partial charge < -0.3 is 16.2 Å². The average molecular weight is 371 g/mol. The van der Waals surface area contributed by atoms with Crippen LogP contribution in [0.15, 0.2) is 35.9 Å². The van der Waals surface area contributed by atoms with Gasteiger partial charge in [0.05, 0.1) is 12.5 Å². The van der Waals surface area contributed by atoms with Crippen molar-refractivity contribution in [2.45, 2.75) is 63.8 Å². The molecule has 1 amide bonds. The fraction of sp³-hybridized carbons (Fsp3) is 0.476. The summed E-state index contributed by atoms with van der Waals surface area (Å²) < 4.78 is 0. The zero-order chi connectivity index (χ0) is 19.6. The number of carboxylic acids is 1. The lowest BCUT2D eigenvalue weighted by Crippen LogP contribution is -2.38. The Bertz CT molecular complexity index is 695. The number of nitrogens with one attached hydrogen (secondary N) is 2. The largest absolute Gasteiger partial charge is 0.481 e. The summed E-state index contributed by atoms with van der Waals surface area (Å²) in [5.41, 5.74) is 8.36. The van der Waals surface area contributed by atoms with Crippen LogP contribution in [0.1, 0.15) is 62.5 Å². The van der Waals surface area contributed by atoms with E-state index in [1.54, 1.807) is 0 Å². The molecule has 0 aliphatic heterocycles. The van der Waals surface area contributed by atoms with Crippen LogP contribution in [0, 0.1) is 5.41 Å². The van der Waals surface area contributed by atoms with Gasteiger partial charge in [0.15, 0.2) is 0 Å². The molecule has 1 aliphatic rings. The van der Waals surface area contributed by atoms with Crippen molar-refractivity contribution in [1.82, 2.24) is 5.32 Å². The zero-order valence-electron chi connectivity index (χ0n) is 15.7. The van der Waals surface area contributed by atoms with E-state index in [4.69, 9.17) is 16.2 Å². The number of allylic oxidation sites excluding steroid dienone is 1. The quantitative estimate of drug-likeness (QED) is 0.219. The zero-order valence-corrected chi connectivity index (χ0v) is 15.7. The Kier molecular flexibility index (Phi) is 8.04. The van der Waals surface area contributed by atoms with Gasteiger partial charge >= 0.3 is 5.97 Å². The predicted molar refractivity (Wildman–Crippen MR) is 106 cm³/mol. The second-order valence-corrected chi connectivity index (χ2v) is 7.06. The van der Waals surface area contributed by atoms with Crippen molar-refractivity contribution in [3.05, 3.63) is 47.0 Å². The molecule has 0 heterocycles. The third kappa shape index (κ3) is 7.25. The number of nitrogen functional groups attached to an aromatic ring is 1. The number of unbranched alkanes of at least 4 members (excludes halogenated alkanes) is 1. The maximum absolute atomic E-state index is 12.2. The Morgan fingerprint density at radius 3 is 2.52 bits per heavy atom. The monoisotopic (exact) mass is 371 g/mol. The van der Waals surface area contributed by atoms with Crippen molar-refractivity contribution in [2.75, 3.05) is 0 Å². The molecule has 0 saturated heterocycles. The van der Waals surface area contributed by atoms with E-state index < -0.39 is 5.97 Å². The Morgan fingerprint density at radius 1 is 1.19 bits per heavy atom. The lowest BCUT2D eigenvalue weighted by molar-refractivity contribution is -0.137. The van der Waals surface area contributed by atoms with Gasteiger partial charge in [0.2, 0.25) is 5.91 Å². The Balaban J connectivity index is 1.75. The highest BCUT2D eigenvalue weighted by Crippen LogP contribution is 2.22. The van der Waals surface area contributed by atoms with E-state index in [1.165, 1.54) is 0 Å². The fourth-order valence-corrected chi connectivity index (χ4v) is 3.36. The molecular formula is C21H29N3O3. The highest BCUT2D eigenvalue weighted by molar-refractivity contribution is 5.94. The SMILES string of the molecule is N=C(N)c1ccc(CCCCC(=O)NC(CC(=O)O)C2=CCCCC2)cc1. The molecule has 6 heteroatoms. The van der Waals surface area contributed by atoms with E-state index in [1.807, 2.05) is 24.3 Å². The molecule has 0 bridgehead atoms. The van der Waals surface area contributed by atoms with Gasteiger partial charge in [-0.15, -0.1) is 0 Å². The van der Waals surface area contributed by atoms with E-state index in [2.05, 4.69) is 11.4 Å². The third-order valence-corrected chi connectivity index (χ3v) is 4.87. The van der Waals surface area contributed by atoms with Gasteiger partial charge in [-0.3, -0.25) is 15.0 Å². The Hall–Kier alpha value is -2.63. The molecule has 0 spiro atoms. The van der Waals surface area contributed by atoms with Crippen LogP contribution in [0.25, 0.3) is 0 Å². The minimum atomic E-state index is -0.888. The van der Waals surface area contributed by atoms with Crippen molar-refractivity contribution >= 4 is 17.7 Å². The molecule has 0 radical (unpaired) electrons. The van der Waals surface area contributed by atoms with Gasteiger partial charge in [0.25, 0.3) is 0 Å². The van der Waals surface area contributed by atoms with Crippen LogP contribution < -0.4 is 11.1 Å². The first-order valence-electron chi connectivity index (χ1n) is 9.59. The molecule has 1 aromatic carbocycles. The molecule has 146 valence electrons. The summed E-state index contributed by atoms with van der Waals surface area (Å²) in [5.74, 6) is -0.914. The number of rotatable bonds is 10. The standard InChI is InChI=1S/C21H29N3O3/c22-21(23)17-12-10-15(11-13-17)6-4-5-9-19(25)24-18(14-20(26)27)16-7-2-1-3-8-16/h7,10-13,18H,1-6,8-9,14H2,(H3,22,23)(H,24,25)(H,26,27). The average Bonchev–Trinajstić information content (AvgIpc) is 2.65. The van der Waals surface area contributed by atoms with E-state index >= 15 is 0 Å². The summed E-state index contributed by atoms with van der Waals surface area (Å²) in [7, 11) is 0. The third-order valence-electron chi connectivity index (χ3n) is 4.87. The van der Waals surface area contributed by atoms with Crippen LogP contribution in [0.4, 0.5) is 0 Å². The number of carbonyl (C=O) groups excluding carboxylic acids is 1. The number of amidine groups is 1. The summed E-state index contributed by atoms with van der Waals surface area (Å²) in [6.45, 7) is 0. The smallest absolute Gasteiger partial charge is 0.305 e. The normalized spacial score (nSPS) is 14.9. The van der Waals surface area contributed by atoms with Gasteiger partial charge in [-0.25, -0.2) is 0 Å². The van der Waals surface area contributed by atoms with Gasteiger partial charge in [0, 0.05) is 12.0 Å². The molecule has 0 fully saturated rings. The second-order valence-electron chi connectivity index (χ2n) is 7.06. The van der Waals surface area contributed by atoms with E-state index in [0.29, 0.717) is 12.0 Å². The molecule has 0 saturated carbocycles. The van der Waals surface area contributed by atoms with Crippen LogP contribution in [-0.4, -0.2) is 28.9 Å². The molecule has 5 N–H and O–H groups in total. The second kappa shape index (κ2) is 10.5. The highest BCUT2D eigenvalue weighted by Gasteiger charge is 2.21. The number of aryl methyl sites for hydroxylation is 1. The van der Waals surface area contributed by atoms with Crippen molar-refractivity contribution in [1.29, 1.82) is 5.41 Å². The van der Waals surface area contributed by atoms with Crippen molar-refractivity contribution < 1.29 is 14.7 Å². The number of hydrogen-bond donors (Lipinski definition) is 4. The van der Waals surface area contributed by atoms with Crippen LogP contribution in [0.2, 0.25) is 0 Å². The van der Waals surface area contributed by atoms with E-state index in [9.17, 15) is 9.59 Å². The minimum Gasteiger partial charge on any atom is -0.481 e. The first-order valence-corrected chi connectivity index (χ1v) is 9.59. The summed E-state index contributed by atoms with van der Waals surface area (Å²) in [5, 5.41) is 19.4. The van der Waals surface area contributed by atoms with Crippen LogP contribution >= 0.6 is 0 Å². The van der Waals surface area contributed by atoms with Gasteiger partial charge in [-0.2, -0.15) is 0 Å². The van der Waals surface area contributed by atoms with Crippen molar-refractivity contribution in [2.24, 2.45) is 5.73 Å². The predicted octanol–water partition coefficient (Wildman–Crippen LogP) is 3.14. The summed E-state index contributed by atoms with van der Waals surface area (Å²) in [4.78, 5) is 23.4. The van der Waals surface area contributed by atoms with Gasteiger partial charge in [0.1, 0.15) is 5.84 Å². The maximum Gasteiger partial charge on any atom is 0.305 e. The Labute approximate surface area is 160 Å². The summed E-state index contributed by atoms with van der Waals surface area (Å²) in [6, 6.07) is 7.19. The van der Waals surface area contributed by atoms with E-state index in [0.717, 1.165) is 56.1 Å². The number of hydrogen-bond acceptors (Lipinski definition) is 3. The number of carboxylic acid groups (broad SMARTS) is 1. The van der Waals surface area contributed by atoms with Crippen LogP contribution in [0.3, 0.4) is 0 Å². The van der Waals surface area contributed by atoms with Crippen LogP contribution in [0.5, 0.6) is 0 Å². The van der Waals surface area contributed by atoms with Crippen LogP contribution in [-0.2, 0) is 16.0 Å². The summed E-state index contributed by atoms with van der Waals surface area (Å²) >= 11 is 0. The molecule has 6 nitrogen and oxygen atoms in total. The molecule has 1 unspecified atom stereocenters. The fourth-order valence-electron chi connectivity index (χ4n) is 3.36. The number of carbonyl (C=O) groups is 2. The first kappa shape index (κ1) is 20.7. The maximum atomic E-state index is 12.2. The van der Waals surface area contributed by atoms with Crippen molar-refractivity contribution in [3.63, 3.8) is 0 Å².